The molecule has 0 saturated heterocycles. The Hall–Kier alpha value is -0.370. The van der Waals surface area contributed by atoms with Crippen molar-refractivity contribution in [2.24, 2.45) is 11.7 Å². The van der Waals surface area contributed by atoms with E-state index >= 15 is 0 Å². The molecule has 0 fully saturated rings. The zero-order chi connectivity index (χ0) is 6.78. The van der Waals surface area contributed by atoms with Crippen LogP contribution in [0.5, 0.6) is 0 Å². The average Bonchev–Trinajstić information content (AvgIpc) is 1.67. The summed E-state index contributed by atoms with van der Waals surface area (Å²) in [6, 6.07) is 0. The number of hydrogen-bond donors (Lipinski definition) is 1. The molecule has 0 unspecified atom stereocenters. The van der Waals surface area contributed by atoms with Gasteiger partial charge in [0.15, 0.2) is 0 Å². The minimum atomic E-state index is -0.764. The van der Waals surface area contributed by atoms with Crippen LogP contribution in [0.3, 0.4) is 0 Å². The van der Waals surface area contributed by atoms with Crippen LogP contribution in [-0.2, 0) is 4.79 Å². The molecule has 0 aromatic heterocycles. The average molecular weight is 114 g/mol. The summed E-state index contributed by atoms with van der Waals surface area (Å²) in [4.78, 5) is 10.0. The van der Waals surface area contributed by atoms with Crippen LogP contribution in [0.25, 0.3) is 0 Å². The molecule has 1 atom stereocenters. The van der Waals surface area contributed by atoms with Crippen LogP contribution in [0.4, 0.5) is 0 Å². The Morgan fingerprint density at radius 1 is 1.62 bits per heavy atom. The lowest BCUT2D eigenvalue weighted by molar-refractivity contribution is 0.413. The van der Waals surface area contributed by atoms with E-state index in [1.807, 2.05) is 13.8 Å². The minimum absolute atomic E-state index is 0.167. The van der Waals surface area contributed by atoms with Gasteiger partial charge in [-0.1, -0.05) is 13.8 Å². The highest BCUT2D eigenvalue weighted by Gasteiger charge is 2.22. The molecule has 47 valence electrons. The van der Waals surface area contributed by atoms with Gasteiger partial charge in [-0.05, 0) is 12.8 Å². The molecule has 0 aromatic carbocycles. The van der Waals surface area contributed by atoms with Crippen LogP contribution < -0.4 is 5.73 Å². The van der Waals surface area contributed by atoms with Crippen molar-refractivity contribution in [3.8, 4) is 0 Å². The van der Waals surface area contributed by atoms with Crippen LogP contribution >= 0.6 is 0 Å². The van der Waals surface area contributed by atoms with Crippen molar-refractivity contribution in [3.05, 3.63) is 0 Å². The smallest absolute Gasteiger partial charge is 0.220 e. The van der Waals surface area contributed by atoms with Gasteiger partial charge in [0.25, 0.3) is 0 Å². The summed E-state index contributed by atoms with van der Waals surface area (Å²) in [5.74, 6) is 0.167. The van der Waals surface area contributed by atoms with Gasteiger partial charge in [0.2, 0.25) is 6.29 Å². The zero-order valence-corrected chi connectivity index (χ0v) is 5.56. The third-order valence-corrected chi connectivity index (χ3v) is 1.42. The molecule has 0 aliphatic rings. The number of hydrogen-bond acceptors (Lipinski definition) is 2. The fourth-order valence-electron chi connectivity index (χ4n) is 0.118. The van der Waals surface area contributed by atoms with Crippen LogP contribution in [-0.4, -0.2) is 11.8 Å². The second-order valence-corrected chi connectivity index (χ2v) is 2.54. The molecule has 0 aromatic rings. The third-order valence-electron chi connectivity index (χ3n) is 1.42. The van der Waals surface area contributed by atoms with Crippen LogP contribution in [0.1, 0.15) is 20.8 Å². The molecule has 2 nitrogen and oxygen atoms in total. The first-order valence-electron chi connectivity index (χ1n) is 2.69. The molecule has 0 aliphatic heterocycles. The van der Waals surface area contributed by atoms with E-state index in [0.29, 0.717) is 0 Å². The monoisotopic (exact) mass is 114 g/mol. The lowest BCUT2D eigenvalue weighted by atomic mass is 9.92. The fraction of sp³-hybridized carbons (Fsp3) is 0.833. The van der Waals surface area contributed by atoms with Gasteiger partial charge in [-0.25, -0.2) is 0 Å². The Balaban J connectivity index is 3.90. The van der Waals surface area contributed by atoms with Crippen molar-refractivity contribution in [1.29, 1.82) is 0 Å². The Morgan fingerprint density at radius 3 is 2.00 bits per heavy atom. The van der Waals surface area contributed by atoms with Crippen LogP contribution in [0.2, 0.25) is 0 Å². The lowest BCUT2D eigenvalue weighted by Gasteiger charge is -2.19. The summed E-state index contributed by atoms with van der Waals surface area (Å²) in [6.07, 6.45) is 1.77. The molecule has 8 heavy (non-hydrogen) atoms. The van der Waals surface area contributed by atoms with Crippen molar-refractivity contribution < 1.29 is 4.79 Å². The molecule has 0 spiro atoms. The number of carbonyl (C=O) groups excluding carboxylic acids is 1. The fourth-order valence-corrected chi connectivity index (χ4v) is 0.118. The summed E-state index contributed by atoms with van der Waals surface area (Å²) >= 11 is 0. The van der Waals surface area contributed by atoms with Gasteiger partial charge in [-0.15, -0.1) is 0 Å². The Bertz CT molecular complexity index is 86.5. The van der Waals surface area contributed by atoms with Crippen LogP contribution in [0, 0.1) is 5.92 Å². The largest absolute Gasteiger partial charge is 0.319 e. The van der Waals surface area contributed by atoms with Gasteiger partial charge in [0.1, 0.15) is 0 Å². The maximum atomic E-state index is 10.0. The first kappa shape index (κ1) is 7.63. The molecule has 0 aliphatic carbocycles. The summed E-state index contributed by atoms with van der Waals surface area (Å²) < 4.78 is 0. The van der Waals surface area contributed by atoms with Crippen molar-refractivity contribution in [3.63, 3.8) is 0 Å². The van der Waals surface area contributed by atoms with E-state index in [1.165, 1.54) is 0 Å². The molecule has 0 bridgehead atoms. The zero-order valence-electron chi connectivity index (χ0n) is 5.56. The predicted octanol–water partition coefficient (Wildman–Crippen LogP) is 0.470. The topological polar surface area (TPSA) is 43.1 Å². The standard InChI is InChI=1S/C6H12NO/c1-5(2)6(3,7)4-8/h5H,7H2,1-3H3/t6-/m0/s1. The predicted molar refractivity (Wildman–Crippen MR) is 33.1 cm³/mol. The molecule has 1 radical (unpaired) electrons. The van der Waals surface area contributed by atoms with Crippen molar-refractivity contribution in [2.45, 2.75) is 26.3 Å². The summed E-state index contributed by atoms with van der Waals surface area (Å²) in [6.45, 7) is 5.46. The minimum Gasteiger partial charge on any atom is -0.319 e. The maximum absolute atomic E-state index is 10.0. The van der Waals surface area contributed by atoms with Gasteiger partial charge in [0, 0.05) is 0 Å². The van der Waals surface area contributed by atoms with Crippen LogP contribution in [0.15, 0.2) is 0 Å². The summed E-state index contributed by atoms with van der Waals surface area (Å²) in [5, 5.41) is 0. The van der Waals surface area contributed by atoms with E-state index in [4.69, 9.17) is 5.73 Å². The quantitative estimate of drug-likeness (QED) is 0.567. The van der Waals surface area contributed by atoms with Gasteiger partial charge >= 0.3 is 0 Å². The van der Waals surface area contributed by atoms with E-state index in [1.54, 1.807) is 13.2 Å². The van der Waals surface area contributed by atoms with Crippen molar-refractivity contribution in [1.82, 2.24) is 0 Å². The number of rotatable bonds is 2. The second-order valence-electron chi connectivity index (χ2n) is 2.54. The van der Waals surface area contributed by atoms with Gasteiger partial charge in [-0.2, -0.15) is 0 Å². The molecule has 2 heteroatoms. The Morgan fingerprint density at radius 2 is 2.00 bits per heavy atom. The first-order chi connectivity index (χ1) is 3.50. The first-order valence-corrected chi connectivity index (χ1v) is 2.69. The van der Waals surface area contributed by atoms with Gasteiger partial charge < -0.3 is 5.73 Å². The third kappa shape index (κ3) is 1.62. The summed E-state index contributed by atoms with van der Waals surface area (Å²) in [5.41, 5.74) is 4.67. The van der Waals surface area contributed by atoms with E-state index < -0.39 is 5.54 Å². The second kappa shape index (κ2) is 2.27. The highest BCUT2D eigenvalue weighted by Crippen LogP contribution is 2.08. The van der Waals surface area contributed by atoms with Crippen molar-refractivity contribution >= 4 is 6.29 Å². The Kier molecular flexibility index (Phi) is 2.16. The van der Waals surface area contributed by atoms with E-state index in [9.17, 15) is 4.79 Å². The lowest BCUT2D eigenvalue weighted by Crippen LogP contribution is -2.43. The number of nitrogens with two attached hydrogens (primary N) is 1. The van der Waals surface area contributed by atoms with Gasteiger partial charge in [-0.3, -0.25) is 4.79 Å². The highest BCUT2D eigenvalue weighted by molar-refractivity contribution is 5.64. The van der Waals surface area contributed by atoms with E-state index in [0.717, 1.165) is 0 Å². The molecule has 0 amide bonds. The molecular weight excluding hydrogens is 102 g/mol. The highest BCUT2D eigenvalue weighted by atomic mass is 16.1. The molecule has 0 saturated carbocycles. The SMILES string of the molecule is CC(C)[C@@](C)(N)[C]=O. The maximum Gasteiger partial charge on any atom is 0.220 e. The molecule has 2 N–H and O–H groups in total. The molecule has 0 rings (SSSR count). The van der Waals surface area contributed by atoms with Crippen molar-refractivity contribution in [2.75, 3.05) is 0 Å². The summed E-state index contributed by atoms with van der Waals surface area (Å²) in [7, 11) is 0. The molecule has 0 heterocycles. The van der Waals surface area contributed by atoms with Gasteiger partial charge in [0.05, 0.1) is 5.54 Å². The van der Waals surface area contributed by atoms with E-state index in [2.05, 4.69) is 0 Å². The molecular formula is C6H12NO. The normalized spacial score (nSPS) is 18.1. The van der Waals surface area contributed by atoms with E-state index in [-0.39, 0.29) is 5.92 Å². The Labute approximate surface area is 50.1 Å².